The van der Waals surface area contributed by atoms with Gasteiger partial charge in [0.1, 0.15) is 11.2 Å². The van der Waals surface area contributed by atoms with Crippen molar-refractivity contribution in [2.24, 2.45) is 0 Å². The van der Waals surface area contributed by atoms with Crippen molar-refractivity contribution >= 4 is 66.0 Å². The Morgan fingerprint density at radius 2 is 1.05 bits per heavy atom. The highest BCUT2D eigenvalue weighted by atomic mass is 32.2. The predicted octanol–water partition coefficient (Wildman–Crippen LogP) is 12.5. The Bertz CT molecular complexity index is 2640. The van der Waals surface area contributed by atoms with Crippen LogP contribution in [0.25, 0.3) is 87.6 Å². The Morgan fingerprint density at radius 3 is 1.93 bits per heavy atom. The first-order chi connectivity index (χ1) is 21.8. The molecule has 2 heterocycles. The molecule has 0 atom stereocenters. The van der Waals surface area contributed by atoms with Crippen LogP contribution in [0.5, 0.6) is 0 Å². The monoisotopic (exact) mass is 576 g/mol. The summed E-state index contributed by atoms with van der Waals surface area (Å²) in [6, 6.07) is 53.0. The van der Waals surface area contributed by atoms with Gasteiger partial charge in [0.15, 0.2) is 0 Å². The van der Waals surface area contributed by atoms with Crippen molar-refractivity contribution < 1.29 is 4.42 Å². The summed E-state index contributed by atoms with van der Waals surface area (Å²) in [4.78, 5) is 2.65. The maximum absolute atomic E-state index is 6.43. The molecule has 0 radical (unpaired) electrons. The smallest absolute Gasteiger partial charge is 0.136 e. The molecule has 0 aliphatic carbocycles. The lowest BCUT2D eigenvalue weighted by Gasteiger charge is -2.21. The van der Waals surface area contributed by atoms with Crippen LogP contribution in [0.15, 0.2) is 160 Å². The standard InChI is InChI=1S/C42H24OS/c1-2-11-29-25(8-1)18-22-37-41(29)42-33(15-7-16-36(42)43-37)32-21-20-28(30-12-3-4-13-31(30)32)27-19-23-38-35(24-27)34-14-5-9-26-10-6-17-39(44-38)40(26)34/h1-24H. The number of hydrogen-bond donors (Lipinski definition) is 0. The Labute approximate surface area is 258 Å². The number of fused-ring (bicyclic) bond motifs is 8. The van der Waals surface area contributed by atoms with E-state index in [1.165, 1.54) is 86.3 Å². The van der Waals surface area contributed by atoms with Crippen LogP contribution in [0.2, 0.25) is 0 Å². The van der Waals surface area contributed by atoms with Crippen molar-refractivity contribution in [1.29, 1.82) is 0 Å². The van der Waals surface area contributed by atoms with Gasteiger partial charge >= 0.3 is 0 Å². The third kappa shape index (κ3) is 3.37. The first kappa shape index (κ1) is 24.2. The molecule has 0 N–H and O–H groups in total. The number of hydrogen-bond acceptors (Lipinski definition) is 2. The van der Waals surface area contributed by atoms with Crippen LogP contribution < -0.4 is 0 Å². The van der Waals surface area contributed by atoms with E-state index in [0.29, 0.717) is 0 Å². The van der Waals surface area contributed by atoms with Crippen molar-refractivity contribution in [2.45, 2.75) is 9.79 Å². The molecule has 10 rings (SSSR count). The summed E-state index contributed by atoms with van der Waals surface area (Å²) >= 11 is 1.88. The molecule has 44 heavy (non-hydrogen) atoms. The average molecular weight is 577 g/mol. The quantitative estimate of drug-likeness (QED) is 0.203. The summed E-state index contributed by atoms with van der Waals surface area (Å²) in [6.07, 6.45) is 0. The molecule has 1 aromatic heterocycles. The van der Waals surface area contributed by atoms with Gasteiger partial charge in [0.2, 0.25) is 0 Å². The maximum atomic E-state index is 6.43. The fourth-order valence-corrected chi connectivity index (χ4v) is 8.46. The number of furan rings is 1. The summed E-state index contributed by atoms with van der Waals surface area (Å²) in [6.45, 7) is 0. The van der Waals surface area contributed by atoms with Gasteiger partial charge in [-0.05, 0) is 90.6 Å². The summed E-state index contributed by atoms with van der Waals surface area (Å²) < 4.78 is 6.43. The fraction of sp³-hybridized carbons (Fsp3) is 0. The molecule has 0 unspecified atom stereocenters. The van der Waals surface area contributed by atoms with E-state index in [0.717, 1.165) is 11.2 Å². The van der Waals surface area contributed by atoms with Gasteiger partial charge in [0.05, 0.1) is 0 Å². The third-order valence-corrected chi connectivity index (χ3v) is 10.4. The molecule has 0 fully saturated rings. The van der Waals surface area contributed by atoms with E-state index >= 15 is 0 Å². The molecule has 9 aromatic rings. The molecule has 204 valence electrons. The molecule has 0 saturated carbocycles. The van der Waals surface area contributed by atoms with Crippen LogP contribution in [0, 0.1) is 0 Å². The Balaban J connectivity index is 1.21. The van der Waals surface area contributed by atoms with E-state index in [4.69, 9.17) is 4.42 Å². The second kappa shape index (κ2) is 9.09. The van der Waals surface area contributed by atoms with Gasteiger partial charge in [0.25, 0.3) is 0 Å². The molecular formula is C42H24OS. The lowest BCUT2D eigenvalue weighted by molar-refractivity contribution is 0.669. The minimum absolute atomic E-state index is 0.920. The summed E-state index contributed by atoms with van der Waals surface area (Å²) in [5.74, 6) is 0. The molecule has 1 nitrogen and oxygen atoms in total. The third-order valence-electron chi connectivity index (χ3n) is 9.27. The van der Waals surface area contributed by atoms with Crippen molar-refractivity contribution in [1.82, 2.24) is 0 Å². The van der Waals surface area contributed by atoms with Gasteiger partial charge in [-0.25, -0.2) is 0 Å². The van der Waals surface area contributed by atoms with Crippen molar-refractivity contribution in [3.63, 3.8) is 0 Å². The van der Waals surface area contributed by atoms with E-state index in [9.17, 15) is 0 Å². The zero-order chi connectivity index (χ0) is 28.8. The second-order valence-electron chi connectivity index (χ2n) is 11.6. The molecule has 1 aliphatic heterocycles. The Kier molecular flexibility index (Phi) is 5.00. The minimum Gasteiger partial charge on any atom is -0.456 e. The first-order valence-corrected chi connectivity index (χ1v) is 15.8. The van der Waals surface area contributed by atoms with Crippen LogP contribution in [-0.4, -0.2) is 0 Å². The van der Waals surface area contributed by atoms with E-state index in [2.05, 4.69) is 146 Å². The molecule has 0 amide bonds. The topological polar surface area (TPSA) is 13.1 Å². The van der Waals surface area contributed by atoms with E-state index in [1.54, 1.807) is 0 Å². The van der Waals surface area contributed by atoms with Gasteiger partial charge in [-0.3, -0.25) is 0 Å². The summed E-state index contributed by atoms with van der Waals surface area (Å²) in [7, 11) is 0. The number of rotatable bonds is 2. The van der Waals surface area contributed by atoms with E-state index in [1.807, 2.05) is 11.8 Å². The Morgan fingerprint density at radius 1 is 0.364 bits per heavy atom. The van der Waals surface area contributed by atoms with Crippen molar-refractivity contribution in [3.05, 3.63) is 146 Å². The highest BCUT2D eigenvalue weighted by molar-refractivity contribution is 7.99. The molecule has 2 heteroatoms. The van der Waals surface area contributed by atoms with Gasteiger partial charge < -0.3 is 4.42 Å². The second-order valence-corrected chi connectivity index (χ2v) is 12.7. The lowest BCUT2D eigenvalue weighted by Crippen LogP contribution is -1.94. The van der Waals surface area contributed by atoms with Crippen molar-refractivity contribution in [2.75, 3.05) is 0 Å². The summed E-state index contributed by atoms with van der Waals surface area (Å²) in [5, 5.41) is 9.96. The van der Waals surface area contributed by atoms with Crippen LogP contribution in [0.3, 0.4) is 0 Å². The van der Waals surface area contributed by atoms with Gasteiger partial charge in [0, 0.05) is 25.9 Å². The average Bonchev–Trinajstić information content (AvgIpc) is 3.48. The zero-order valence-electron chi connectivity index (χ0n) is 23.7. The van der Waals surface area contributed by atoms with Crippen LogP contribution >= 0.6 is 11.8 Å². The minimum atomic E-state index is 0.920. The first-order valence-electron chi connectivity index (χ1n) is 15.0. The van der Waals surface area contributed by atoms with Crippen LogP contribution in [-0.2, 0) is 0 Å². The largest absolute Gasteiger partial charge is 0.456 e. The zero-order valence-corrected chi connectivity index (χ0v) is 24.5. The molecule has 1 aliphatic rings. The lowest BCUT2D eigenvalue weighted by atomic mass is 9.89. The van der Waals surface area contributed by atoms with E-state index < -0.39 is 0 Å². The predicted molar refractivity (Wildman–Crippen MR) is 187 cm³/mol. The van der Waals surface area contributed by atoms with Crippen LogP contribution in [0.4, 0.5) is 0 Å². The highest BCUT2D eigenvalue weighted by Crippen LogP contribution is 2.49. The molecule has 8 aromatic carbocycles. The highest BCUT2D eigenvalue weighted by Gasteiger charge is 2.21. The summed E-state index contributed by atoms with van der Waals surface area (Å²) in [5.41, 5.74) is 9.38. The normalized spacial score (nSPS) is 12.5. The molecule has 0 spiro atoms. The van der Waals surface area contributed by atoms with Gasteiger partial charge in [-0.2, -0.15) is 0 Å². The molecule has 0 saturated heterocycles. The maximum Gasteiger partial charge on any atom is 0.136 e. The number of benzene rings is 8. The SMILES string of the molecule is c1cc2c3c(cccc3c1)-c1cc(-c3ccc(-c4cccc5oc6ccc7ccccc7c6c45)c4ccccc34)ccc1S2. The fourth-order valence-electron chi connectivity index (χ4n) is 7.33. The van der Waals surface area contributed by atoms with Gasteiger partial charge in [-0.15, -0.1) is 0 Å². The van der Waals surface area contributed by atoms with Crippen molar-refractivity contribution in [3.8, 4) is 33.4 Å². The molecule has 0 bridgehead atoms. The van der Waals surface area contributed by atoms with Crippen LogP contribution in [0.1, 0.15) is 0 Å². The van der Waals surface area contributed by atoms with Gasteiger partial charge in [-0.1, -0.05) is 127 Å². The molecular weight excluding hydrogens is 553 g/mol. The van der Waals surface area contributed by atoms with E-state index in [-0.39, 0.29) is 0 Å². The Hall–Kier alpha value is -5.31.